The van der Waals surface area contributed by atoms with Gasteiger partial charge in [0.25, 0.3) is 0 Å². The first-order chi connectivity index (χ1) is 9.24. The average Bonchev–Trinajstić information content (AvgIpc) is 2.41. The number of hydrogen-bond donors (Lipinski definition) is 0. The normalized spacial score (nSPS) is 12.0. The molecule has 0 aromatic carbocycles. The summed E-state index contributed by atoms with van der Waals surface area (Å²) in [6, 6.07) is 1.47. The Labute approximate surface area is 127 Å². The zero-order valence-electron chi connectivity index (χ0n) is 12.0. The van der Waals surface area contributed by atoms with Crippen molar-refractivity contribution < 1.29 is 18.3 Å². The van der Waals surface area contributed by atoms with E-state index >= 15 is 0 Å². The molecule has 4 nitrogen and oxygen atoms in total. The summed E-state index contributed by atoms with van der Waals surface area (Å²) in [5.74, 6) is 1.04. The quantitative estimate of drug-likeness (QED) is 0.278. The summed E-state index contributed by atoms with van der Waals surface area (Å²) in [5.41, 5.74) is 0. The van der Waals surface area contributed by atoms with Crippen LogP contribution in [0, 0.1) is 0 Å². The molecule has 0 N–H and O–H groups in total. The largest absolute Gasteiger partial charge is 0.392 e. The predicted octanol–water partition coefficient (Wildman–Crippen LogP) is 3.01. The maximum absolute atomic E-state index is 5.96. The topological polar surface area (TPSA) is 36.9 Å². The van der Waals surface area contributed by atoms with Crippen LogP contribution in [-0.4, -0.2) is 60.0 Å². The van der Waals surface area contributed by atoms with Crippen molar-refractivity contribution >= 4 is 31.8 Å². The molecular formula is C12H26Cl2O4Si. The van der Waals surface area contributed by atoms with E-state index in [9.17, 15) is 0 Å². The first-order valence-electron chi connectivity index (χ1n) is 6.80. The van der Waals surface area contributed by atoms with Gasteiger partial charge in [-0.1, -0.05) is 0 Å². The van der Waals surface area contributed by atoms with Gasteiger partial charge in [0.15, 0.2) is 0 Å². The molecule has 0 heterocycles. The highest BCUT2D eigenvalue weighted by Crippen LogP contribution is 2.21. The van der Waals surface area contributed by atoms with E-state index in [1.165, 1.54) is 0 Å². The van der Waals surface area contributed by atoms with Crippen LogP contribution in [0.5, 0.6) is 0 Å². The highest BCUT2D eigenvalue weighted by molar-refractivity contribution is 6.68. The number of halogens is 2. The van der Waals surface area contributed by atoms with Crippen molar-refractivity contribution in [3.05, 3.63) is 0 Å². The second-order valence-electron chi connectivity index (χ2n) is 3.88. The summed E-state index contributed by atoms with van der Waals surface area (Å²) < 4.78 is 22.5. The lowest BCUT2D eigenvalue weighted by atomic mass is 10.8. The molecule has 0 rings (SSSR count). The van der Waals surface area contributed by atoms with Crippen molar-refractivity contribution in [3.8, 4) is 0 Å². The van der Waals surface area contributed by atoms with Crippen LogP contribution in [0.2, 0.25) is 12.1 Å². The van der Waals surface area contributed by atoms with E-state index in [2.05, 4.69) is 0 Å². The number of ether oxygens (including phenoxy) is 2. The first kappa shape index (κ1) is 19.6. The first-order valence-corrected chi connectivity index (χ1v) is 10.1. The molecule has 0 saturated heterocycles. The summed E-state index contributed by atoms with van der Waals surface area (Å²) in [7, 11) is -2.32. The SMILES string of the molecule is CCOCCO[Si](CCCl)(CCCl)OCCOCC. The lowest BCUT2D eigenvalue weighted by Crippen LogP contribution is -2.44. The molecule has 0 aliphatic carbocycles. The summed E-state index contributed by atoms with van der Waals surface area (Å²) in [6.07, 6.45) is 0. The molecule has 0 saturated carbocycles. The molecule has 0 aromatic heterocycles. The Balaban J connectivity index is 4.22. The van der Waals surface area contributed by atoms with Gasteiger partial charge >= 0.3 is 8.56 Å². The lowest BCUT2D eigenvalue weighted by molar-refractivity contribution is 0.0651. The Morgan fingerprint density at radius 1 is 0.737 bits per heavy atom. The van der Waals surface area contributed by atoms with E-state index in [0.717, 1.165) is 12.1 Å². The molecule has 0 atom stereocenters. The maximum Gasteiger partial charge on any atom is 0.340 e. The average molecular weight is 333 g/mol. The molecule has 0 aliphatic heterocycles. The molecular weight excluding hydrogens is 307 g/mol. The van der Waals surface area contributed by atoms with Crippen molar-refractivity contribution in [2.24, 2.45) is 0 Å². The van der Waals surface area contributed by atoms with Crippen LogP contribution in [0.4, 0.5) is 0 Å². The van der Waals surface area contributed by atoms with Gasteiger partial charge in [-0.05, 0) is 13.8 Å². The monoisotopic (exact) mass is 332 g/mol. The van der Waals surface area contributed by atoms with E-state index < -0.39 is 8.56 Å². The third-order valence-electron chi connectivity index (χ3n) is 2.54. The van der Waals surface area contributed by atoms with Crippen LogP contribution in [0.3, 0.4) is 0 Å². The summed E-state index contributed by atoms with van der Waals surface area (Å²) in [6.45, 7) is 7.50. The molecule has 0 spiro atoms. The van der Waals surface area contributed by atoms with Gasteiger partial charge in [0, 0.05) is 37.1 Å². The third-order valence-corrected chi connectivity index (χ3v) is 7.04. The van der Waals surface area contributed by atoms with Crippen LogP contribution in [-0.2, 0) is 18.3 Å². The van der Waals surface area contributed by atoms with E-state index in [1.54, 1.807) is 0 Å². The van der Waals surface area contributed by atoms with Crippen LogP contribution in [0.25, 0.3) is 0 Å². The van der Waals surface area contributed by atoms with E-state index in [-0.39, 0.29) is 0 Å². The van der Waals surface area contributed by atoms with Crippen molar-refractivity contribution in [3.63, 3.8) is 0 Å². The van der Waals surface area contributed by atoms with E-state index in [0.29, 0.717) is 51.4 Å². The summed E-state index contributed by atoms with van der Waals surface area (Å²) in [5, 5.41) is 0. The highest BCUT2D eigenvalue weighted by atomic mass is 35.5. The van der Waals surface area contributed by atoms with E-state index in [4.69, 9.17) is 41.5 Å². The van der Waals surface area contributed by atoms with Gasteiger partial charge in [-0.2, -0.15) is 0 Å². The Bertz CT molecular complexity index is 179. The molecule has 0 aromatic rings. The van der Waals surface area contributed by atoms with Crippen LogP contribution in [0.15, 0.2) is 0 Å². The van der Waals surface area contributed by atoms with Crippen molar-refractivity contribution in [1.82, 2.24) is 0 Å². The van der Waals surface area contributed by atoms with Gasteiger partial charge in [-0.15, -0.1) is 23.2 Å². The molecule has 0 bridgehead atoms. The minimum absolute atomic E-state index is 0.520. The van der Waals surface area contributed by atoms with Crippen molar-refractivity contribution in [2.45, 2.75) is 25.9 Å². The maximum atomic E-state index is 5.96. The summed E-state index contributed by atoms with van der Waals surface area (Å²) >= 11 is 11.7. The second-order valence-corrected chi connectivity index (χ2v) is 8.03. The third kappa shape index (κ3) is 10.1. The van der Waals surface area contributed by atoms with E-state index in [1.807, 2.05) is 13.8 Å². The molecule has 19 heavy (non-hydrogen) atoms. The van der Waals surface area contributed by atoms with Crippen LogP contribution in [0.1, 0.15) is 13.8 Å². The second kappa shape index (κ2) is 13.6. The number of alkyl halides is 2. The molecule has 0 unspecified atom stereocenters. The smallest absolute Gasteiger partial charge is 0.340 e. The number of rotatable bonds is 14. The zero-order valence-corrected chi connectivity index (χ0v) is 14.5. The molecule has 116 valence electrons. The van der Waals surface area contributed by atoms with Gasteiger partial charge in [0.2, 0.25) is 0 Å². The van der Waals surface area contributed by atoms with Crippen molar-refractivity contribution in [2.75, 3.05) is 51.4 Å². The fourth-order valence-corrected chi connectivity index (χ4v) is 5.73. The minimum atomic E-state index is -2.32. The van der Waals surface area contributed by atoms with Crippen molar-refractivity contribution in [1.29, 1.82) is 0 Å². The fraction of sp³-hybridized carbons (Fsp3) is 1.00. The lowest BCUT2D eigenvalue weighted by Gasteiger charge is -2.29. The predicted molar refractivity (Wildman–Crippen MR) is 81.7 cm³/mol. The molecule has 0 fully saturated rings. The van der Waals surface area contributed by atoms with Crippen LogP contribution < -0.4 is 0 Å². The van der Waals surface area contributed by atoms with Gasteiger partial charge in [0.05, 0.1) is 26.4 Å². The van der Waals surface area contributed by atoms with Crippen LogP contribution >= 0.6 is 23.2 Å². The van der Waals surface area contributed by atoms with Gasteiger partial charge < -0.3 is 18.3 Å². The fourth-order valence-electron chi connectivity index (χ4n) is 1.61. The zero-order chi connectivity index (χ0) is 14.4. The minimum Gasteiger partial charge on any atom is -0.392 e. The highest BCUT2D eigenvalue weighted by Gasteiger charge is 2.36. The number of hydrogen-bond acceptors (Lipinski definition) is 4. The van der Waals surface area contributed by atoms with Gasteiger partial charge in [-0.3, -0.25) is 0 Å². The molecule has 0 amide bonds. The molecule has 0 aliphatic rings. The molecule has 0 radical (unpaired) electrons. The Hall–Kier alpha value is 0.637. The standard InChI is InChI=1S/C12H26Cl2O4Si/c1-3-15-7-9-17-19(11-5-13,12-6-14)18-10-8-16-4-2/h3-12H2,1-2H3. The van der Waals surface area contributed by atoms with Gasteiger partial charge in [-0.25, -0.2) is 0 Å². The van der Waals surface area contributed by atoms with Gasteiger partial charge in [0.1, 0.15) is 0 Å². The Morgan fingerprint density at radius 2 is 1.16 bits per heavy atom. The molecule has 7 heteroatoms. The summed E-state index contributed by atoms with van der Waals surface area (Å²) in [4.78, 5) is 0. The Kier molecular flexibility index (Phi) is 14.1. The Morgan fingerprint density at radius 3 is 1.47 bits per heavy atom.